The van der Waals surface area contributed by atoms with Gasteiger partial charge < -0.3 is 10.7 Å². The van der Waals surface area contributed by atoms with Crippen molar-refractivity contribution in [3.63, 3.8) is 0 Å². The second-order valence-corrected chi connectivity index (χ2v) is 3.01. The minimum atomic E-state index is 0.821. The van der Waals surface area contributed by atoms with E-state index < -0.39 is 0 Å². The highest BCUT2D eigenvalue weighted by molar-refractivity contribution is 5.55. The van der Waals surface area contributed by atoms with Crippen LogP contribution in [0.3, 0.4) is 0 Å². The predicted octanol–water partition coefficient (Wildman–Crippen LogP) is 0.984. The maximum atomic E-state index is 5.67. The Bertz CT molecular complexity index is 266. The van der Waals surface area contributed by atoms with Crippen LogP contribution in [0, 0.1) is 0 Å². The summed E-state index contributed by atoms with van der Waals surface area (Å²) in [6, 6.07) is 7.93. The lowest BCUT2D eigenvalue weighted by molar-refractivity contribution is 0.788. The smallest absolute Gasteiger partial charge is 0.0540 e. The molecule has 1 aliphatic rings. The van der Waals surface area contributed by atoms with Gasteiger partial charge in [-0.25, -0.2) is 5.43 Å². The third-order valence-corrected chi connectivity index (χ3v) is 2.04. The van der Waals surface area contributed by atoms with Gasteiger partial charge in [-0.2, -0.15) is 0 Å². The molecule has 1 saturated heterocycles. The molecule has 1 fully saturated rings. The molecule has 0 aliphatic carbocycles. The number of rotatable bonds is 1. The molecular formula is C9H13N3. The first-order valence-electron chi connectivity index (χ1n) is 4.23. The van der Waals surface area contributed by atoms with Crippen LogP contribution in [0.15, 0.2) is 24.3 Å². The first-order chi connectivity index (χ1) is 5.86. The minimum absolute atomic E-state index is 0.821. The van der Waals surface area contributed by atoms with Crippen LogP contribution < -0.4 is 16.2 Å². The zero-order chi connectivity index (χ0) is 8.39. The summed E-state index contributed by atoms with van der Waals surface area (Å²) >= 11 is 0. The molecule has 3 heteroatoms. The van der Waals surface area contributed by atoms with Crippen LogP contribution in [0.4, 0.5) is 11.4 Å². The van der Waals surface area contributed by atoms with Crippen molar-refractivity contribution >= 4 is 11.4 Å². The quantitative estimate of drug-likeness (QED) is 0.606. The van der Waals surface area contributed by atoms with E-state index in [0.717, 1.165) is 24.5 Å². The van der Waals surface area contributed by atoms with Gasteiger partial charge in [-0.05, 0) is 24.6 Å². The Morgan fingerprint density at radius 3 is 3.00 bits per heavy atom. The molecule has 12 heavy (non-hydrogen) atoms. The molecule has 0 saturated carbocycles. The zero-order valence-electron chi connectivity index (χ0n) is 6.96. The zero-order valence-corrected chi connectivity index (χ0v) is 6.96. The fourth-order valence-corrected chi connectivity index (χ4v) is 1.44. The van der Waals surface area contributed by atoms with Crippen LogP contribution in [0.25, 0.3) is 0 Å². The summed E-state index contributed by atoms with van der Waals surface area (Å²) in [5.74, 6) is 0. The number of hydrazine groups is 1. The van der Waals surface area contributed by atoms with E-state index in [-0.39, 0.29) is 0 Å². The van der Waals surface area contributed by atoms with E-state index >= 15 is 0 Å². The maximum Gasteiger partial charge on any atom is 0.0540 e. The number of benzene rings is 1. The van der Waals surface area contributed by atoms with Crippen molar-refractivity contribution in [1.82, 2.24) is 5.43 Å². The Balaban J connectivity index is 2.21. The van der Waals surface area contributed by atoms with Crippen molar-refractivity contribution in [1.29, 1.82) is 0 Å². The van der Waals surface area contributed by atoms with E-state index in [2.05, 4.69) is 16.5 Å². The Hall–Kier alpha value is -1.22. The summed E-state index contributed by atoms with van der Waals surface area (Å²) < 4.78 is 0. The van der Waals surface area contributed by atoms with Gasteiger partial charge in [-0.15, -0.1) is 0 Å². The number of nitrogens with two attached hydrogens (primary N) is 1. The molecule has 0 bridgehead atoms. The molecule has 1 heterocycles. The van der Waals surface area contributed by atoms with Gasteiger partial charge in [-0.3, -0.25) is 0 Å². The second-order valence-electron chi connectivity index (χ2n) is 3.01. The Morgan fingerprint density at radius 2 is 2.33 bits per heavy atom. The molecule has 64 valence electrons. The van der Waals surface area contributed by atoms with Crippen molar-refractivity contribution in [2.45, 2.75) is 6.42 Å². The molecule has 0 aromatic heterocycles. The lowest BCUT2D eigenvalue weighted by atomic mass is 10.3. The van der Waals surface area contributed by atoms with Crippen LogP contribution in [0.1, 0.15) is 6.42 Å². The molecule has 3 nitrogen and oxygen atoms in total. The van der Waals surface area contributed by atoms with E-state index in [0.29, 0.717) is 0 Å². The van der Waals surface area contributed by atoms with Crippen LogP contribution in [-0.4, -0.2) is 13.1 Å². The SMILES string of the molecule is Nc1cccc(N2CCCN2)c1. The molecule has 0 atom stereocenters. The Morgan fingerprint density at radius 1 is 1.42 bits per heavy atom. The van der Waals surface area contributed by atoms with Crippen LogP contribution in [-0.2, 0) is 0 Å². The number of nitrogen functional groups attached to an aromatic ring is 1. The van der Waals surface area contributed by atoms with Gasteiger partial charge in [-0.1, -0.05) is 6.07 Å². The van der Waals surface area contributed by atoms with Crippen molar-refractivity contribution in [2.75, 3.05) is 23.8 Å². The van der Waals surface area contributed by atoms with E-state index in [1.165, 1.54) is 6.42 Å². The molecule has 0 spiro atoms. The maximum absolute atomic E-state index is 5.67. The number of hydrogen-bond donors (Lipinski definition) is 2. The highest BCUT2D eigenvalue weighted by Gasteiger charge is 2.10. The Kier molecular flexibility index (Phi) is 1.87. The van der Waals surface area contributed by atoms with Gasteiger partial charge in [0.15, 0.2) is 0 Å². The first-order valence-corrected chi connectivity index (χ1v) is 4.23. The molecule has 1 aliphatic heterocycles. The lowest BCUT2D eigenvalue weighted by Crippen LogP contribution is -2.30. The van der Waals surface area contributed by atoms with Gasteiger partial charge in [0.25, 0.3) is 0 Å². The third-order valence-electron chi connectivity index (χ3n) is 2.04. The summed E-state index contributed by atoms with van der Waals surface area (Å²) in [5.41, 5.74) is 10.9. The monoisotopic (exact) mass is 163 g/mol. The lowest BCUT2D eigenvalue weighted by Gasteiger charge is -2.17. The highest BCUT2D eigenvalue weighted by atomic mass is 15.5. The summed E-state index contributed by atoms with van der Waals surface area (Å²) in [6.07, 6.45) is 1.20. The van der Waals surface area contributed by atoms with Gasteiger partial charge in [0, 0.05) is 18.8 Å². The summed E-state index contributed by atoms with van der Waals surface area (Å²) in [4.78, 5) is 0. The molecule has 0 unspecified atom stereocenters. The normalized spacial score (nSPS) is 16.8. The van der Waals surface area contributed by atoms with E-state index in [4.69, 9.17) is 5.73 Å². The molecule has 1 aromatic rings. The average Bonchev–Trinajstić information content (AvgIpc) is 2.56. The largest absolute Gasteiger partial charge is 0.399 e. The van der Waals surface area contributed by atoms with Crippen LogP contribution in [0.2, 0.25) is 0 Å². The van der Waals surface area contributed by atoms with Crippen LogP contribution >= 0.6 is 0 Å². The molecule has 1 aromatic carbocycles. The molecule has 3 N–H and O–H groups in total. The highest BCUT2D eigenvalue weighted by Crippen LogP contribution is 2.17. The van der Waals surface area contributed by atoms with Gasteiger partial charge >= 0.3 is 0 Å². The molecule has 0 amide bonds. The Labute approximate surface area is 72.1 Å². The molecule has 0 radical (unpaired) electrons. The van der Waals surface area contributed by atoms with Gasteiger partial charge in [0.05, 0.1) is 5.69 Å². The fraction of sp³-hybridized carbons (Fsp3) is 0.333. The van der Waals surface area contributed by atoms with Crippen LogP contribution in [0.5, 0.6) is 0 Å². The number of nitrogens with one attached hydrogen (secondary N) is 1. The average molecular weight is 163 g/mol. The molecule has 2 rings (SSSR count). The predicted molar refractivity (Wildman–Crippen MR) is 50.8 cm³/mol. The van der Waals surface area contributed by atoms with Crippen molar-refractivity contribution in [3.8, 4) is 0 Å². The number of anilines is 2. The first kappa shape index (κ1) is 7.43. The summed E-state index contributed by atoms with van der Waals surface area (Å²) in [7, 11) is 0. The van der Waals surface area contributed by atoms with Crippen molar-refractivity contribution in [3.05, 3.63) is 24.3 Å². The van der Waals surface area contributed by atoms with Gasteiger partial charge in [0.2, 0.25) is 0 Å². The summed E-state index contributed by atoms with van der Waals surface area (Å²) in [5, 5.41) is 2.14. The third kappa shape index (κ3) is 1.36. The van der Waals surface area contributed by atoms with Crippen molar-refractivity contribution < 1.29 is 0 Å². The number of nitrogens with zero attached hydrogens (tertiary/aromatic N) is 1. The van der Waals surface area contributed by atoms with Gasteiger partial charge in [0.1, 0.15) is 0 Å². The van der Waals surface area contributed by atoms with E-state index in [9.17, 15) is 0 Å². The topological polar surface area (TPSA) is 41.3 Å². The van der Waals surface area contributed by atoms with E-state index in [1.54, 1.807) is 0 Å². The number of hydrogen-bond acceptors (Lipinski definition) is 3. The fourth-order valence-electron chi connectivity index (χ4n) is 1.44. The standard InChI is InChI=1S/C9H13N3/c10-8-3-1-4-9(7-8)12-6-2-5-11-12/h1,3-4,7,11H,2,5-6,10H2. The molecular weight excluding hydrogens is 150 g/mol. The van der Waals surface area contributed by atoms with Crippen molar-refractivity contribution in [2.24, 2.45) is 0 Å². The minimum Gasteiger partial charge on any atom is -0.399 e. The second kappa shape index (κ2) is 3.03. The van der Waals surface area contributed by atoms with E-state index in [1.807, 2.05) is 18.2 Å². The summed E-state index contributed by atoms with van der Waals surface area (Å²) in [6.45, 7) is 2.14.